The number of halogens is 2. The van der Waals surface area contributed by atoms with Crippen molar-refractivity contribution in [2.45, 2.75) is 38.5 Å². The standard InChI is InChI=1S/C14H18F2N2O3/c1-3-13(2,12(17)19)18-7-6-9-4-5-10-11(8-9)21-14(15,16)20-10/h4-5,8,18H,3,6-7H2,1-2H3,(H2,17,19). The number of nitrogens with two attached hydrogens (primary N) is 1. The monoisotopic (exact) mass is 300 g/mol. The van der Waals surface area contributed by atoms with E-state index in [2.05, 4.69) is 14.8 Å². The molecule has 5 nitrogen and oxygen atoms in total. The quantitative estimate of drug-likeness (QED) is 0.840. The Bertz CT molecular complexity index is 551. The van der Waals surface area contributed by atoms with E-state index >= 15 is 0 Å². The lowest BCUT2D eigenvalue weighted by Crippen LogP contribution is -2.53. The van der Waals surface area contributed by atoms with Crippen LogP contribution in [0, 0.1) is 0 Å². The van der Waals surface area contributed by atoms with E-state index in [-0.39, 0.29) is 11.5 Å². The van der Waals surface area contributed by atoms with Gasteiger partial charge in [-0.3, -0.25) is 4.79 Å². The van der Waals surface area contributed by atoms with Gasteiger partial charge in [0.15, 0.2) is 11.5 Å². The van der Waals surface area contributed by atoms with Gasteiger partial charge in [0.2, 0.25) is 5.91 Å². The van der Waals surface area contributed by atoms with Crippen LogP contribution in [0.25, 0.3) is 0 Å². The first-order chi connectivity index (χ1) is 9.76. The van der Waals surface area contributed by atoms with Crippen LogP contribution in [0.4, 0.5) is 8.78 Å². The predicted molar refractivity (Wildman–Crippen MR) is 72.2 cm³/mol. The van der Waals surface area contributed by atoms with Gasteiger partial charge in [-0.15, -0.1) is 8.78 Å². The predicted octanol–water partition coefficient (Wildman–Crippen LogP) is 1.79. The lowest BCUT2D eigenvalue weighted by molar-refractivity contribution is -0.286. The van der Waals surface area contributed by atoms with Crippen molar-refractivity contribution in [3.8, 4) is 11.5 Å². The fraction of sp³-hybridized carbons (Fsp3) is 0.500. The highest BCUT2D eigenvalue weighted by molar-refractivity contribution is 5.84. The molecule has 116 valence electrons. The van der Waals surface area contributed by atoms with Gasteiger partial charge in [-0.1, -0.05) is 13.0 Å². The molecule has 3 N–H and O–H groups in total. The van der Waals surface area contributed by atoms with Crippen LogP contribution in [0.15, 0.2) is 18.2 Å². The molecular formula is C14H18F2N2O3. The number of hydrogen-bond donors (Lipinski definition) is 2. The maximum Gasteiger partial charge on any atom is 0.586 e. The zero-order valence-corrected chi connectivity index (χ0v) is 11.9. The summed E-state index contributed by atoms with van der Waals surface area (Å²) in [5.41, 5.74) is 5.37. The summed E-state index contributed by atoms with van der Waals surface area (Å²) in [7, 11) is 0. The molecule has 1 aliphatic rings. The summed E-state index contributed by atoms with van der Waals surface area (Å²) in [5, 5.41) is 3.08. The van der Waals surface area contributed by atoms with E-state index in [0.29, 0.717) is 19.4 Å². The third-order valence-electron chi connectivity index (χ3n) is 3.65. The Morgan fingerprint density at radius 3 is 2.67 bits per heavy atom. The number of benzene rings is 1. The molecule has 0 fully saturated rings. The first-order valence-electron chi connectivity index (χ1n) is 6.69. The highest BCUT2D eigenvalue weighted by atomic mass is 19.3. The van der Waals surface area contributed by atoms with Crippen molar-refractivity contribution in [1.29, 1.82) is 0 Å². The number of amides is 1. The topological polar surface area (TPSA) is 73.6 Å². The van der Waals surface area contributed by atoms with Crippen LogP contribution in [-0.2, 0) is 11.2 Å². The second-order valence-electron chi connectivity index (χ2n) is 5.18. The molecule has 1 atom stereocenters. The van der Waals surface area contributed by atoms with Crippen molar-refractivity contribution in [1.82, 2.24) is 5.32 Å². The third kappa shape index (κ3) is 3.41. The molecule has 7 heteroatoms. The SMILES string of the molecule is CCC(C)(NCCc1ccc2c(c1)OC(F)(F)O2)C(N)=O. The van der Waals surface area contributed by atoms with E-state index in [1.54, 1.807) is 13.0 Å². The Morgan fingerprint density at radius 2 is 2.05 bits per heavy atom. The molecule has 1 aliphatic heterocycles. The fourth-order valence-electron chi connectivity index (χ4n) is 2.02. The molecule has 1 aromatic rings. The molecule has 0 spiro atoms. The Morgan fingerprint density at radius 1 is 1.38 bits per heavy atom. The highest BCUT2D eigenvalue weighted by Crippen LogP contribution is 2.41. The maximum absolute atomic E-state index is 12.9. The van der Waals surface area contributed by atoms with E-state index in [0.717, 1.165) is 5.56 Å². The van der Waals surface area contributed by atoms with Crippen molar-refractivity contribution >= 4 is 5.91 Å². The number of hydrogen-bond acceptors (Lipinski definition) is 4. The second kappa shape index (κ2) is 5.48. The normalized spacial score (nSPS) is 18.3. The Labute approximate surface area is 121 Å². The lowest BCUT2D eigenvalue weighted by atomic mass is 9.97. The van der Waals surface area contributed by atoms with Gasteiger partial charge in [-0.05, 0) is 37.5 Å². The zero-order chi connectivity index (χ0) is 15.7. The van der Waals surface area contributed by atoms with Crippen molar-refractivity contribution in [3.63, 3.8) is 0 Å². The van der Waals surface area contributed by atoms with Gasteiger partial charge >= 0.3 is 6.29 Å². The Hall–Kier alpha value is -1.89. The minimum absolute atomic E-state index is 0.0191. The second-order valence-corrected chi connectivity index (χ2v) is 5.18. The first-order valence-corrected chi connectivity index (χ1v) is 6.69. The summed E-state index contributed by atoms with van der Waals surface area (Å²) < 4.78 is 34.5. The lowest BCUT2D eigenvalue weighted by Gasteiger charge is -2.25. The summed E-state index contributed by atoms with van der Waals surface area (Å²) in [6.07, 6.45) is -2.49. The van der Waals surface area contributed by atoms with Gasteiger partial charge in [0, 0.05) is 6.54 Å². The molecule has 0 bridgehead atoms. The molecule has 0 aromatic heterocycles. The maximum atomic E-state index is 12.9. The number of primary amides is 1. The minimum atomic E-state index is -3.61. The number of fused-ring (bicyclic) bond motifs is 1. The smallest absolute Gasteiger partial charge is 0.395 e. The summed E-state index contributed by atoms with van der Waals surface area (Å²) >= 11 is 0. The number of nitrogens with one attached hydrogen (secondary N) is 1. The van der Waals surface area contributed by atoms with Crippen LogP contribution in [0.2, 0.25) is 0 Å². The van der Waals surface area contributed by atoms with Gasteiger partial charge in [0.05, 0.1) is 5.54 Å². The molecular weight excluding hydrogens is 282 g/mol. The summed E-state index contributed by atoms with van der Waals surface area (Å²) in [4.78, 5) is 11.4. The van der Waals surface area contributed by atoms with Gasteiger partial charge in [-0.25, -0.2) is 0 Å². The fourth-order valence-corrected chi connectivity index (χ4v) is 2.02. The molecule has 1 aromatic carbocycles. The van der Waals surface area contributed by atoms with E-state index in [4.69, 9.17) is 5.73 Å². The van der Waals surface area contributed by atoms with E-state index < -0.39 is 17.7 Å². The molecule has 1 amide bonds. The molecule has 0 saturated heterocycles. The number of ether oxygens (including phenoxy) is 2. The van der Waals surface area contributed by atoms with Crippen LogP contribution in [0.3, 0.4) is 0 Å². The van der Waals surface area contributed by atoms with Gasteiger partial charge in [0.25, 0.3) is 0 Å². The summed E-state index contributed by atoms with van der Waals surface area (Å²) in [6, 6.07) is 4.63. The van der Waals surface area contributed by atoms with Crippen LogP contribution >= 0.6 is 0 Å². The number of carbonyl (C=O) groups excluding carboxylic acids is 1. The molecule has 0 radical (unpaired) electrons. The summed E-state index contributed by atoms with van der Waals surface area (Å²) in [5.74, 6) is -0.381. The average molecular weight is 300 g/mol. The van der Waals surface area contributed by atoms with E-state index in [9.17, 15) is 13.6 Å². The van der Waals surface area contributed by atoms with Crippen molar-refractivity contribution < 1.29 is 23.0 Å². The van der Waals surface area contributed by atoms with E-state index in [1.807, 2.05) is 6.92 Å². The van der Waals surface area contributed by atoms with Crippen molar-refractivity contribution in [2.75, 3.05) is 6.54 Å². The van der Waals surface area contributed by atoms with Crippen molar-refractivity contribution in [2.24, 2.45) is 5.73 Å². The largest absolute Gasteiger partial charge is 0.586 e. The molecule has 0 saturated carbocycles. The Balaban J connectivity index is 1.96. The van der Waals surface area contributed by atoms with E-state index in [1.165, 1.54) is 12.1 Å². The number of rotatable bonds is 6. The molecule has 21 heavy (non-hydrogen) atoms. The first kappa shape index (κ1) is 15.5. The summed E-state index contributed by atoms with van der Waals surface area (Å²) in [6.45, 7) is 4.08. The van der Waals surface area contributed by atoms with Gasteiger partial charge in [0.1, 0.15) is 0 Å². The highest BCUT2D eigenvalue weighted by Gasteiger charge is 2.43. The average Bonchev–Trinajstić information content (AvgIpc) is 2.71. The third-order valence-corrected chi connectivity index (χ3v) is 3.65. The minimum Gasteiger partial charge on any atom is -0.395 e. The van der Waals surface area contributed by atoms with Crippen LogP contribution in [0.5, 0.6) is 11.5 Å². The van der Waals surface area contributed by atoms with Crippen LogP contribution in [-0.4, -0.2) is 24.3 Å². The van der Waals surface area contributed by atoms with Gasteiger partial charge < -0.3 is 20.5 Å². The number of carbonyl (C=O) groups is 1. The molecule has 1 heterocycles. The number of alkyl halides is 2. The van der Waals surface area contributed by atoms with Crippen LogP contribution < -0.4 is 20.5 Å². The molecule has 2 rings (SSSR count). The van der Waals surface area contributed by atoms with Crippen molar-refractivity contribution in [3.05, 3.63) is 23.8 Å². The van der Waals surface area contributed by atoms with Crippen LogP contribution in [0.1, 0.15) is 25.8 Å². The Kier molecular flexibility index (Phi) is 4.04. The molecule has 1 unspecified atom stereocenters. The van der Waals surface area contributed by atoms with Gasteiger partial charge in [-0.2, -0.15) is 0 Å². The zero-order valence-electron chi connectivity index (χ0n) is 11.9. The molecule has 0 aliphatic carbocycles.